The largest absolute Gasteiger partial charge is 0.481 e. The molecule has 2 N–H and O–H groups in total. The Hall–Kier alpha value is -1.36. The molecule has 1 aliphatic rings. The highest BCUT2D eigenvalue weighted by molar-refractivity contribution is 5.85. The summed E-state index contributed by atoms with van der Waals surface area (Å²) in [6, 6.07) is 0. The van der Waals surface area contributed by atoms with Crippen molar-refractivity contribution in [1.82, 2.24) is 0 Å². The smallest absolute Gasteiger partial charge is 0.333 e. The van der Waals surface area contributed by atoms with E-state index in [9.17, 15) is 14.7 Å². The lowest BCUT2D eigenvalue weighted by atomic mass is 10.0. The summed E-state index contributed by atoms with van der Waals surface area (Å²) in [4.78, 5) is 21.2. The molecule has 0 amide bonds. The van der Waals surface area contributed by atoms with Crippen LogP contribution in [0.15, 0.2) is 11.6 Å². The van der Waals surface area contributed by atoms with E-state index in [0.717, 1.165) is 51.4 Å². The van der Waals surface area contributed by atoms with Gasteiger partial charge in [-0.25, -0.2) is 4.79 Å². The van der Waals surface area contributed by atoms with Crippen LogP contribution in [0.25, 0.3) is 0 Å². The number of aliphatic hydroxyl groups is 1. The highest BCUT2D eigenvalue weighted by Crippen LogP contribution is 2.20. The van der Waals surface area contributed by atoms with Crippen molar-refractivity contribution in [3.63, 3.8) is 0 Å². The molecule has 0 bridgehead atoms. The van der Waals surface area contributed by atoms with Crippen LogP contribution in [0.4, 0.5) is 0 Å². The molecule has 1 unspecified atom stereocenters. The van der Waals surface area contributed by atoms with Gasteiger partial charge >= 0.3 is 11.9 Å². The number of aliphatic hydroxyl groups excluding tert-OH is 1. The van der Waals surface area contributed by atoms with Gasteiger partial charge in [0.05, 0.1) is 0 Å². The molecule has 0 saturated heterocycles. The molecule has 0 saturated carbocycles. The Balaban J connectivity index is 1.87. The number of esters is 1. The molecule has 0 aromatic carbocycles. The molecule has 5 nitrogen and oxygen atoms in total. The molecule has 5 heteroatoms. The van der Waals surface area contributed by atoms with E-state index in [4.69, 9.17) is 5.11 Å². The summed E-state index contributed by atoms with van der Waals surface area (Å²) in [5.74, 6) is -1.16. The van der Waals surface area contributed by atoms with Gasteiger partial charge < -0.3 is 14.9 Å². The highest BCUT2D eigenvalue weighted by atomic mass is 16.6. The third-order valence-electron chi connectivity index (χ3n) is 3.45. The van der Waals surface area contributed by atoms with E-state index >= 15 is 0 Å². The average molecular weight is 284 g/mol. The van der Waals surface area contributed by atoms with Gasteiger partial charge in [0.15, 0.2) is 0 Å². The summed E-state index contributed by atoms with van der Waals surface area (Å²) in [7, 11) is 0. The van der Waals surface area contributed by atoms with Gasteiger partial charge in [-0.15, -0.1) is 0 Å². The molecule has 0 aromatic heterocycles. The van der Waals surface area contributed by atoms with Crippen molar-refractivity contribution in [1.29, 1.82) is 0 Å². The second-order valence-electron chi connectivity index (χ2n) is 5.23. The molecule has 114 valence electrons. The van der Waals surface area contributed by atoms with Gasteiger partial charge in [-0.05, 0) is 19.3 Å². The van der Waals surface area contributed by atoms with Gasteiger partial charge in [0.1, 0.15) is 0 Å². The molecule has 1 aliphatic heterocycles. The van der Waals surface area contributed by atoms with Gasteiger partial charge in [-0.1, -0.05) is 38.5 Å². The zero-order valence-electron chi connectivity index (χ0n) is 11.8. The van der Waals surface area contributed by atoms with Crippen LogP contribution in [0.3, 0.4) is 0 Å². The molecule has 0 radical (unpaired) electrons. The topological polar surface area (TPSA) is 83.8 Å². The number of rotatable bonds is 11. The van der Waals surface area contributed by atoms with E-state index in [1.165, 1.54) is 6.08 Å². The number of cyclic esters (lactones) is 1. The Morgan fingerprint density at radius 2 is 1.60 bits per heavy atom. The van der Waals surface area contributed by atoms with Crippen molar-refractivity contribution >= 4 is 11.9 Å². The van der Waals surface area contributed by atoms with E-state index in [0.29, 0.717) is 12.0 Å². The third kappa shape index (κ3) is 7.28. The number of ether oxygens (including phenoxy) is 1. The van der Waals surface area contributed by atoms with Crippen molar-refractivity contribution < 1.29 is 24.5 Å². The van der Waals surface area contributed by atoms with E-state index in [2.05, 4.69) is 4.74 Å². The lowest BCUT2D eigenvalue weighted by molar-refractivity contribution is -0.151. The Bertz CT molecular complexity index is 348. The summed E-state index contributed by atoms with van der Waals surface area (Å²) >= 11 is 0. The van der Waals surface area contributed by atoms with Gasteiger partial charge in [0.2, 0.25) is 6.29 Å². The Morgan fingerprint density at radius 1 is 1.05 bits per heavy atom. The fraction of sp³-hybridized carbons (Fsp3) is 0.733. The molecule has 0 fully saturated rings. The van der Waals surface area contributed by atoms with Crippen LogP contribution in [0.1, 0.15) is 64.2 Å². The Morgan fingerprint density at radius 3 is 2.10 bits per heavy atom. The fourth-order valence-corrected chi connectivity index (χ4v) is 2.30. The first-order valence-corrected chi connectivity index (χ1v) is 7.40. The second kappa shape index (κ2) is 9.53. The molecule has 0 aromatic rings. The summed E-state index contributed by atoms with van der Waals surface area (Å²) in [5.41, 5.74) is 0.684. The first kappa shape index (κ1) is 16.7. The standard InChI is InChI=1S/C15H24O5/c16-13(17)10-8-6-4-2-1-3-5-7-9-12-11-14(18)20-15(12)19/h11,15,19H,1-10H2,(H,16,17). The molecule has 1 rings (SSSR count). The number of carboxylic acid groups (broad SMARTS) is 1. The summed E-state index contributed by atoms with van der Waals surface area (Å²) in [6.45, 7) is 0. The minimum Gasteiger partial charge on any atom is -0.481 e. The monoisotopic (exact) mass is 284 g/mol. The maximum atomic E-state index is 10.9. The highest BCUT2D eigenvalue weighted by Gasteiger charge is 2.22. The van der Waals surface area contributed by atoms with E-state index in [-0.39, 0.29) is 6.42 Å². The van der Waals surface area contributed by atoms with Crippen molar-refractivity contribution in [2.45, 2.75) is 70.5 Å². The predicted molar refractivity (Wildman–Crippen MR) is 74.0 cm³/mol. The van der Waals surface area contributed by atoms with Crippen molar-refractivity contribution in [2.24, 2.45) is 0 Å². The number of aliphatic carboxylic acids is 1. The molecular formula is C15H24O5. The number of carbonyl (C=O) groups is 2. The van der Waals surface area contributed by atoms with E-state index in [1.54, 1.807) is 0 Å². The summed E-state index contributed by atoms with van der Waals surface area (Å²) < 4.78 is 4.61. The minimum absolute atomic E-state index is 0.276. The fourth-order valence-electron chi connectivity index (χ4n) is 2.30. The zero-order valence-corrected chi connectivity index (χ0v) is 11.8. The minimum atomic E-state index is -1.03. The van der Waals surface area contributed by atoms with Crippen LogP contribution < -0.4 is 0 Å². The molecule has 0 aliphatic carbocycles. The summed E-state index contributed by atoms with van der Waals surface area (Å²) in [5, 5.41) is 17.9. The number of hydrogen-bond donors (Lipinski definition) is 2. The van der Waals surface area contributed by atoms with Gasteiger partial charge in [-0.2, -0.15) is 0 Å². The number of hydrogen-bond acceptors (Lipinski definition) is 4. The van der Waals surface area contributed by atoms with Crippen LogP contribution in [0.2, 0.25) is 0 Å². The van der Waals surface area contributed by atoms with Crippen molar-refractivity contribution in [3.05, 3.63) is 11.6 Å². The zero-order chi connectivity index (χ0) is 14.8. The van der Waals surface area contributed by atoms with Crippen LogP contribution in [0.5, 0.6) is 0 Å². The maximum absolute atomic E-state index is 10.9. The number of carboxylic acids is 1. The Labute approximate surface area is 119 Å². The van der Waals surface area contributed by atoms with Crippen LogP contribution >= 0.6 is 0 Å². The average Bonchev–Trinajstić information content (AvgIpc) is 2.70. The van der Waals surface area contributed by atoms with E-state index in [1.807, 2.05) is 0 Å². The maximum Gasteiger partial charge on any atom is 0.333 e. The second-order valence-corrected chi connectivity index (χ2v) is 5.23. The van der Waals surface area contributed by atoms with Crippen molar-refractivity contribution in [2.75, 3.05) is 0 Å². The first-order chi connectivity index (χ1) is 9.59. The quantitative estimate of drug-likeness (QED) is 0.450. The molecule has 20 heavy (non-hydrogen) atoms. The molecule has 1 atom stereocenters. The number of carbonyl (C=O) groups excluding carboxylic acids is 1. The molecule has 1 heterocycles. The number of unbranched alkanes of at least 4 members (excludes halogenated alkanes) is 7. The van der Waals surface area contributed by atoms with Crippen LogP contribution in [-0.2, 0) is 14.3 Å². The predicted octanol–water partition coefficient (Wildman–Crippen LogP) is 2.77. The lowest BCUT2D eigenvalue weighted by Gasteiger charge is -2.07. The molecular weight excluding hydrogens is 260 g/mol. The SMILES string of the molecule is O=C(O)CCCCCCCCCCC1=CC(=O)OC1O. The van der Waals surface area contributed by atoms with Gasteiger partial charge in [-0.3, -0.25) is 4.79 Å². The lowest BCUT2D eigenvalue weighted by Crippen LogP contribution is -2.09. The normalized spacial score (nSPS) is 17.9. The van der Waals surface area contributed by atoms with Crippen LogP contribution in [-0.4, -0.2) is 28.4 Å². The third-order valence-corrected chi connectivity index (χ3v) is 3.45. The van der Waals surface area contributed by atoms with Crippen LogP contribution in [0, 0.1) is 0 Å². The Kier molecular flexibility index (Phi) is 7.95. The van der Waals surface area contributed by atoms with E-state index < -0.39 is 18.2 Å². The van der Waals surface area contributed by atoms with Crippen molar-refractivity contribution in [3.8, 4) is 0 Å². The van der Waals surface area contributed by atoms with Gasteiger partial charge in [0.25, 0.3) is 0 Å². The summed E-state index contributed by atoms with van der Waals surface area (Å²) in [6.07, 6.45) is 9.67. The van der Waals surface area contributed by atoms with Gasteiger partial charge in [0, 0.05) is 18.1 Å². The first-order valence-electron chi connectivity index (χ1n) is 7.40. The molecule has 0 spiro atoms.